The molecule has 0 aliphatic rings. The predicted octanol–water partition coefficient (Wildman–Crippen LogP) is 1.55. The molecule has 0 saturated heterocycles. The topological polar surface area (TPSA) is 80.9 Å². The van der Waals surface area contributed by atoms with Gasteiger partial charge in [-0.05, 0) is 28.1 Å². The molecule has 2 rings (SSSR count). The molecule has 0 atom stereocenters. The first-order valence-electron chi connectivity index (χ1n) is 5.00. The highest BCUT2D eigenvalue weighted by atomic mass is 35.5. The van der Waals surface area contributed by atoms with E-state index in [-0.39, 0.29) is 5.75 Å². The molecule has 8 heteroatoms. The fourth-order valence-corrected chi connectivity index (χ4v) is 2.01. The molecule has 0 saturated carbocycles. The van der Waals surface area contributed by atoms with Crippen LogP contribution < -0.4 is 0 Å². The Morgan fingerprint density at radius 3 is 2.78 bits per heavy atom. The van der Waals surface area contributed by atoms with Gasteiger partial charge in [0.05, 0.1) is 12.3 Å². The van der Waals surface area contributed by atoms with Crippen molar-refractivity contribution in [3.63, 3.8) is 0 Å². The summed E-state index contributed by atoms with van der Waals surface area (Å²) < 4.78 is 1.55. The number of aliphatic carboxylic acids is 1. The Morgan fingerprint density at radius 1 is 1.39 bits per heavy atom. The number of aromatic nitrogens is 4. The number of thioether (sulfide) groups is 1. The zero-order chi connectivity index (χ0) is 13.0. The quantitative estimate of drug-likeness (QED) is 0.839. The minimum Gasteiger partial charge on any atom is -0.481 e. The number of halogens is 1. The van der Waals surface area contributed by atoms with Gasteiger partial charge in [0.15, 0.2) is 0 Å². The van der Waals surface area contributed by atoms with Crippen molar-refractivity contribution in [2.24, 2.45) is 0 Å². The van der Waals surface area contributed by atoms with Crippen molar-refractivity contribution in [1.82, 2.24) is 20.2 Å². The molecular formula is C10H9ClN4O2S. The standard InChI is InChI=1S/C10H9ClN4O2S/c11-8-3-1-7(2-4-8)5-15-10(12-13-14-15)18-6-9(16)17/h1-4H,5-6H2,(H,16,17). The Morgan fingerprint density at radius 2 is 2.11 bits per heavy atom. The number of nitrogens with zero attached hydrogens (tertiary/aromatic N) is 4. The molecule has 1 aromatic heterocycles. The third-order valence-electron chi connectivity index (χ3n) is 2.07. The number of carbonyl (C=O) groups is 1. The monoisotopic (exact) mass is 284 g/mol. The summed E-state index contributed by atoms with van der Waals surface area (Å²) in [5.41, 5.74) is 0.990. The predicted molar refractivity (Wildman–Crippen MR) is 66.7 cm³/mol. The summed E-state index contributed by atoms with van der Waals surface area (Å²) in [6.07, 6.45) is 0. The minimum atomic E-state index is -0.902. The van der Waals surface area contributed by atoms with E-state index in [0.29, 0.717) is 16.7 Å². The molecule has 1 heterocycles. The van der Waals surface area contributed by atoms with Crippen LogP contribution in [0.5, 0.6) is 0 Å². The van der Waals surface area contributed by atoms with Gasteiger partial charge in [-0.15, -0.1) is 5.10 Å². The van der Waals surface area contributed by atoms with Crippen molar-refractivity contribution >= 4 is 29.3 Å². The number of hydrogen-bond acceptors (Lipinski definition) is 5. The molecule has 1 aromatic carbocycles. The van der Waals surface area contributed by atoms with Crippen LogP contribution in [0.4, 0.5) is 0 Å². The minimum absolute atomic E-state index is 0.0685. The van der Waals surface area contributed by atoms with Gasteiger partial charge < -0.3 is 5.11 Å². The summed E-state index contributed by atoms with van der Waals surface area (Å²) in [6, 6.07) is 7.31. The van der Waals surface area contributed by atoms with Crippen LogP contribution in [-0.2, 0) is 11.3 Å². The highest BCUT2D eigenvalue weighted by molar-refractivity contribution is 7.99. The van der Waals surface area contributed by atoms with Crippen LogP contribution in [0, 0.1) is 0 Å². The van der Waals surface area contributed by atoms with E-state index >= 15 is 0 Å². The maximum atomic E-state index is 10.5. The fourth-order valence-electron chi connectivity index (χ4n) is 1.29. The van der Waals surface area contributed by atoms with Gasteiger partial charge in [0.2, 0.25) is 5.16 Å². The molecule has 0 unspecified atom stereocenters. The molecule has 0 aliphatic heterocycles. The first kappa shape index (κ1) is 12.8. The molecule has 0 radical (unpaired) electrons. The van der Waals surface area contributed by atoms with Gasteiger partial charge in [-0.1, -0.05) is 35.5 Å². The van der Waals surface area contributed by atoms with Crippen molar-refractivity contribution in [3.05, 3.63) is 34.9 Å². The Hall–Kier alpha value is -1.60. The number of rotatable bonds is 5. The summed E-state index contributed by atoms with van der Waals surface area (Å²) in [4.78, 5) is 10.5. The lowest BCUT2D eigenvalue weighted by Gasteiger charge is -2.03. The van der Waals surface area contributed by atoms with E-state index in [4.69, 9.17) is 16.7 Å². The third-order valence-corrected chi connectivity index (χ3v) is 3.26. The molecule has 2 aromatic rings. The molecule has 0 aliphatic carbocycles. The first-order valence-corrected chi connectivity index (χ1v) is 6.36. The lowest BCUT2D eigenvalue weighted by molar-refractivity contribution is -0.133. The molecule has 18 heavy (non-hydrogen) atoms. The van der Waals surface area contributed by atoms with E-state index in [1.54, 1.807) is 16.8 Å². The summed E-state index contributed by atoms with van der Waals surface area (Å²) in [6.45, 7) is 0.478. The summed E-state index contributed by atoms with van der Waals surface area (Å²) in [7, 11) is 0. The maximum absolute atomic E-state index is 10.5. The Bertz CT molecular complexity index is 543. The fraction of sp³-hybridized carbons (Fsp3) is 0.200. The molecule has 0 spiro atoms. The molecule has 94 valence electrons. The van der Waals surface area contributed by atoms with Crippen molar-refractivity contribution in [2.45, 2.75) is 11.7 Å². The van der Waals surface area contributed by atoms with E-state index in [9.17, 15) is 4.79 Å². The van der Waals surface area contributed by atoms with Crippen molar-refractivity contribution in [3.8, 4) is 0 Å². The number of carboxylic acids is 1. The molecule has 0 bridgehead atoms. The summed E-state index contributed by atoms with van der Waals surface area (Å²) >= 11 is 6.88. The van der Waals surface area contributed by atoms with Crippen LogP contribution in [0.25, 0.3) is 0 Å². The highest BCUT2D eigenvalue weighted by Crippen LogP contribution is 2.15. The van der Waals surface area contributed by atoms with E-state index in [0.717, 1.165) is 17.3 Å². The van der Waals surface area contributed by atoms with Crippen LogP contribution in [0.15, 0.2) is 29.4 Å². The van der Waals surface area contributed by atoms with Gasteiger partial charge in [-0.25, -0.2) is 4.68 Å². The Balaban J connectivity index is 2.07. The van der Waals surface area contributed by atoms with Crippen LogP contribution in [0.2, 0.25) is 5.02 Å². The molecule has 6 nitrogen and oxygen atoms in total. The largest absolute Gasteiger partial charge is 0.481 e. The summed E-state index contributed by atoms with van der Waals surface area (Å²) in [5, 5.41) is 20.9. The third kappa shape index (κ3) is 3.44. The number of hydrogen-bond donors (Lipinski definition) is 1. The van der Waals surface area contributed by atoms with Gasteiger partial charge >= 0.3 is 5.97 Å². The van der Waals surface area contributed by atoms with Crippen molar-refractivity contribution in [1.29, 1.82) is 0 Å². The van der Waals surface area contributed by atoms with E-state index in [1.165, 1.54) is 0 Å². The summed E-state index contributed by atoms with van der Waals surface area (Å²) in [5.74, 6) is -0.970. The first-order chi connectivity index (χ1) is 8.65. The zero-order valence-electron chi connectivity index (χ0n) is 9.15. The van der Waals surface area contributed by atoms with Crippen LogP contribution >= 0.6 is 23.4 Å². The van der Waals surface area contributed by atoms with Gasteiger partial charge in [0.25, 0.3) is 0 Å². The van der Waals surface area contributed by atoms with Crippen molar-refractivity contribution < 1.29 is 9.90 Å². The maximum Gasteiger partial charge on any atom is 0.313 e. The Labute approximate surface area is 112 Å². The smallest absolute Gasteiger partial charge is 0.313 e. The Kier molecular flexibility index (Phi) is 4.16. The average molecular weight is 285 g/mol. The average Bonchev–Trinajstić information content (AvgIpc) is 2.77. The lowest BCUT2D eigenvalue weighted by atomic mass is 10.2. The van der Waals surface area contributed by atoms with Gasteiger partial charge in [-0.2, -0.15) is 0 Å². The SMILES string of the molecule is O=C(O)CSc1nnnn1Cc1ccc(Cl)cc1. The van der Waals surface area contributed by atoms with Gasteiger partial charge in [-0.3, -0.25) is 4.79 Å². The van der Waals surface area contributed by atoms with Crippen LogP contribution in [0.1, 0.15) is 5.56 Å². The molecule has 1 N–H and O–H groups in total. The molecule has 0 amide bonds. The second kappa shape index (κ2) is 5.83. The second-order valence-electron chi connectivity index (χ2n) is 3.43. The number of tetrazole rings is 1. The number of carboxylic acid groups (broad SMARTS) is 1. The molecule has 0 fully saturated rings. The number of benzene rings is 1. The van der Waals surface area contributed by atoms with Crippen LogP contribution in [0.3, 0.4) is 0 Å². The lowest BCUT2D eigenvalue weighted by Crippen LogP contribution is -2.06. The van der Waals surface area contributed by atoms with Gasteiger partial charge in [0, 0.05) is 5.02 Å². The van der Waals surface area contributed by atoms with Crippen molar-refractivity contribution in [2.75, 3.05) is 5.75 Å². The van der Waals surface area contributed by atoms with E-state index < -0.39 is 5.97 Å². The normalized spacial score (nSPS) is 10.5. The second-order valence-corrected chi connectivity index (χ2v) is 4.81. The highest BCUT2D eigenvalue weighted by Gasteiger charge is 2.09. The van der Waals surface area contributed by atoms with E-state index in [1.807, 2.05) is 12.1 Å². The van der Waals surface area contributed by atoms with Gasteiger partial charge in [0.1, 0.15) is 0 Å². The molecular weight excluding hydrogens is 276 g/mol. The van der Waals surface area contributed by atoms with E-state index in [2.05, 4.69) is 15.5 Å². The van der Waals surface area contributed by atoms with Crippen LogP contribution in [-0.4, -0.2) is 37.0 Å². The zero-order valence-corrected chi connectivity index (χ0v) is 10.7.